The highest BCUT2D eigenvalue weighted by molar-refractivity contribution is 4.85. The molecular weight excluding hydrogens is 300 g/mol. The van der Waals surface area contributed by atoms with E-state index in [0.717, 1.165) is 13.2 Å². The van der Waals surface area contributed by atoms with Crippen LogP contribution in [0.2, 0.25) is 0 Å². The summed E-state index contributed by atoms with van der Waals surface area (Å²) in [6, 6.07) is 0. The van der Waals surface area contributed by atoms with Crippen LogP contribution in [0.3, 0.4) is 0 Å². The van der Waals surface area contributed by atoms with Crippen LogP contribution >= 0.6 is 0 Å². The van der Waals surface area contributed by atoms with E-state index in [-0.39, 0.29) is 0 Å². The number of hydrogen-bond donors (Lipinski definition) is 0. The van der Waals surface area contributed by atoms with Gasteiger partial charge in [-0.1, -0.05) is 58.8 Å². The predicted molar refractivity (Wildman–Crippen MR) is 101 cm³/mol. The van der Waals surface area contributed by atoms with Crippen LogP contribution in [0, 0.1) is 11.3 Å². The summed E-state index contributed by atoms with van der Waals surface area (Å²) in [6.07, 6.45) is 14.2. The van der Waals surface area contributed by atoms with Gasteiger partial charge in [0, 0.05) is 25.6 Å². The average molecular weight is 343 g/mol. The maximum atomic E-state index is 5.75. The lowest BCUT2D eigenvalue weighted by molar-refractivity contribution is -0.230. The molecule has 0 aromatic rings. The molecule has 1 aliphatic rings. The molecule has 3 heteroatoms. The Labute approximate surface area is 150 Å². The van der Waals surface area contributed by atoms with Crippen molar-refractivity contribution in [3.8, 4) is 0 Å². The van der Waals surface area contributed by atoms with Crippen LogP contribution in [-0.2, 0) is 14.2 Å². The van der Waals surface area contributed by atoms with E-state index in [0.29, 0.717) is 11.3 Å². The molecule has 1 fully saturated rings. The number of rotatable bonds is 15. The molecule has 1 unspecified atom stereocenters. The van der Waals surface area contributed by atoms with Gasteiger partial charge in [-0.2, -0.15) is 0 Å². The number of unbranched alkanes of at least 4 members (excludes halogenated alkanes) is 5. The second kappa shape index (κ2) is 11.5. The first-order chi connectivity index (χ1) is 11.6. The van der Waals surface area contributed by atoms with Crippen molar-refractivity contribution in [3.05, 3.63) is 0 Å². The van der Waals surface area contributed by atoms with Gasteiger partial charge in [0.15, 0.2) is 5.79 Å². The Kier molecular flexibility index (Phi) is 10.5. The van der Waals surface area contributed by atoms with Crippen molar-refractivity contribution in [1.82, 2.24) is 0 Å². The summed E-state index contributed by atoms with van der Waals surface area (Å²) in [5.74, 6) is 0.0346. The van der Waals surface area contributed by atoms with E-state index in [4.69, 9.17) is 14.2 Å². The lowest BCUT2D eigenvalue weighted by Gasteiger charge is -2.42. The minimum Gasteiger partial charge on any atom is -0.380 e. The first kappa shape index (κ1) is 21.9. The minimum absolute atomic E-state index is 0.446. The van der Waals surface area contributed by atoms with Crippen LogP contribution in [0.5, 0.6) is 0 Å². The van der Waals surface area contributed by atoms with Crippen molar-refractivity contribution in [2.75, 3.05) is 27.4 Å². The Bertz CT molecular complexity index is 303. The van der Waals surface area contributed by atoms with Crippen molar-refractivity contribution in [1.29, 1.82) is 0 Å². The van der Waals surface area contributed by atoms with E-state index >= 15 is 0 Å². The van der Waals surface area contributed by atoms with Crippen LogP contribution in [-0.4, -0.2) is 33.2 Å². The summed E-state index contributed by atoms with van der Waals surface area (Å²) in [5.41, 5.74) is 0.460. The Balaban J connectivity index is 2.40. The van der Waals surface area contributed by atoms with Crippen molar-refractivity contribution >= 4 is 0 Å². The molecule has 1 heterocycles. The lowest BCUT2D eigenvalue weighted by atomic mass is 9.77. The molecule has 1 aliphatic heterocycles. The van der Waals surface area contributed by atoms with E-state index in [9.17, 15) is 0 Å². The van der Waals surface area contributed by atoms with Crippen LogP contribution < -0.4 is 0 Å². The van der Waals surface area contributed by atoms with Gasteiger partial charge in [0.2, 0.25) is 0 Å². The van der Waals surface area contributed by atoms with E-state index < -0.39 is 5.79 Å². The monoisotopic (exact) mass is 342 g/mol. The SMILES string of the molecule is CCCCCCCCC(CCCC1(CC)COC1)C(C)(OC)OC. The topological polar surface area (TPSA) is 27.7 Å². The normalized spacial score (nSPS) is 18.4. The largest absolute Gasteiger partial charge is 0.380 e. The molecule has 0 aromatic carbocycles. The highest BCUT2D eigenvalue weighted by Gasteiger charge is 2.38. The van der Waals surface area contributed by atoms with Gasteiger partial charge < -0.3 is 14.2 Å². The molecule has 0 aromatic heterocycles. The third kappa shape index (κ3) is 6.65. The van der Waals surface area contributed by atoms with Gasteiger partial charge in [0.25, 0.3) is 0 Å². The van der Waals surface area contributed by atoms with Crippen LogP contribution in [0.1, 0.15) is 91.4 Å². The third-order valence-corrected chi connectivity index (χ3v) is 6.28. The van der Waals surface area contributed by atoms with Crippen LogP contribution in [0.25, 0.3) is 0 Å². The zero-order valence-electron chi connectivity index (χ0n) is 17.0. The third-order valence-electron chi connectivity index (χ3n) is 6.28. The molecule has 0 N–H and O–H groups in total. The van der Waals surface area contributed by atoms with E-state index in [1.54, 1.807) is 14.2 Å². The fraction of sp³-hybridized carbons (Fsp3) is 1.00. The van der Waals surface area contributed by atoms with Gasteiger partial charge in [-0.25, -0.2) is 0 Å². The highest BCUT2D eigenvalue weighted by atomic mass is 16.7. The van der Waals surface area contributed by atoms with Crippen molar-refractivity contribution < 1.29 is 14.2 Å². The zero-order valence-corrected chi connectivity index (χ0v) is 17.0. The Morgan fingerprint density at radius 2 is 1.50 bits per heavy atom. The molecule has 0 saturated carbocycles. The van der Waals surface area contributed by atoms with Gasteiger partial charge in [-0.3, -0.25) is 0 Å². The zero-order chi connectivity index (χ0) is 17.9. The van der Waals surface area contributed by atoms with E-state index in [1.165, 1.54) is 70.6 Å². The van der Waals surface area contributed by atoms with Crippen molar-refractivity contribution in [3.63, 3.8) is 0 Å². The second-order valence-electron chi connectivity index (χ2n) is 7.92. The molecular formula is C21H42O3. The van der Waals surface area contributed by atoms with Crippen molar-refractivity contribution in [2.45, 2.75) is 97.2 Å². The predicted octanol–water partition coefficient (Wildman–Crippen LogP) is 5.96. The smallest absolute Gasteiger partial charge is 0.167 e. The Morgan fingerprint density at radius 1 is 0.917 bits per heavy atom. The summed E-state index contributed by atoms with van der Waals surface area (Å²) in [6.45, 7) is 8.59. The summed E-state index contributed by atoms with van der Waals surface area (Å²) in [7, 11) is 3.57. The molecule has 0 bridgehead atoms. The molecule has 0 radical (unpaired) electrons. The van der Waals surface area contributed by atoms with Crippen LogP contribution in [0.4, 0.5) is 0 Å². The van der Waals surface area contributed by atoms with E-state index in [2.05, 4.69) is 20.8 Å². The molecule has 24 heavy (non-hydrogen) atoms. The summed E-state index contributed by atoms with van der Waals surface area (Å²) in [4.78, 5) is 0. The highest BCUT2D eigenvalue weighted by Crippen LogP contribution is 2.39. The van der Waals surface area contributed by atoms with Crippen molar-refractivity contribution in [2.24, 2.45) is 11.3 Å². The maximum absolute atomic E-state index is 5.75. The van der Waals surface area contributed by atoms with Gasteiger partial charge in [0.05, 0.1) is 13.2 Å². The first-order valence-electron chi connectivity index (χ1n) is 10.2. The molecule has 1 saturated heterocycles. The van der Waals surface area contributed by atoms with Crippen LogP contribution in [0.15, 0.2) is 0 Å². The van der Waals surface area contributed by atoms with Gasteiger partial charge >= 0.3 is 0 Å². The Morgan fingerprint density at radius 3 is 2.00 bits per heavy atom. The lowest BCUT2D eigenvalue weighted by Crippen LogP contribution is -2.42. The molecule has 1 atom stereocenters. The molecule has 0 aliphatic carbocycles. The second-order valence-corrected chi connectivity index (χ2v) is 7.92. The maximum Gasteiger partial charge on any atom is 0.167 e. The summed E-state index contributed by atoms with van der Waals surface area (Å²) < 4.78 is 17.0. The number of ether oxygens (including phenoxy) is 3. The molecule has 1 rings (SSSR count). The summed E-state index contributed by atoms with van der Waals surface area (Å²) in [5, 5.41) is 0. The molecule has 0 amide bonds. The molecule has 3 nitrogen and oxygen atoms in total. The van der Waals surface area contributed by atoms with Gasteiger partial charge in [-0.15, -0.1) is 0 Å². The molecule has 0 spiro atoms. The van der Waals surface area contributed by atoms with Gasteiger partial charge in [-0.05, 0) is 32.6 Å². The molecule has 144 valence electrons. The minimum atomic E-state index is -0.446. The average Bonchev–Trinajstić information content (AvgIpc) is 2.57. The standard InChI is InChI=1S/C21H42O3/c1-6-8-9-10-11-12-14-19(20(3,22-4)23-5)15-13-16-21(7-2)17-24-18-21/h19H,6-18H2,1-5H3. The summed E-state index contributed by atoms with van der Waals surface area (Å²) >= 11 is 0. The Hall–Kier alpha value is -0.120. The quantitative estimate of drug-likeness (QED) is 0.271. The number of methoxy groups -OCH3 is 2. The number of hydrogen-bond acceptors (Lipinski definition) is 3. The first-order valence-corrected chi connectivity index (χ1v) is 10.2. The fourth-order valence-electron chi connectivity index (χ4n) is 3.90. The fourth-order valence-corrected chi connectivity index (χ4v) is 3.90. The van der Waals surface area contributed by atoms with Gasteiger partial charge in [0.1, 0.15) is 0 Å². The van der Waals surface area contributed by atoms with E-state index in [1.807, 2.05) is 0 Å².